The number of likely N-dealkylation sites (N-methyl/N-ethyl adjacent to an activating group) is 1. The van der Waals surface area contributed by atoms with Gasteiger partial charge in [-0.05, 0) is 56.8 Å². The van der Waals surface area contributed by atoms with E-state index in [0.29, 0.717) is 13.1 Å². The molecule has 0 aliphatic carbocycles. The van der Waals surface area contributed by atoms with Gasteiger partial charge in [-0.15, -0.1) is 0 Å². The van der Waals surface area contributed by atoms with Crippen LogP contribution in [-0.4, -0.2) is 78.9 Å². The number of hydrogen-bond acceptors (Lipinski definition) is 4. The fourth-order valence-corrected chi connectivity index (χ4v) is 4.57. The van der Waals surface area contributed by atoms with Gasteiger partial charge in [-0.1, -0.05) is 32.0 Å². The van der Waals surface area contributed by atoms with Crippen LogP contribution in [0.2, 0.25) is 0 Å². The van der Waals surface area contributed by atoms with Crippen LogP contribution in [0.3, 0.4) is 0 Å². The highest BCUT2D eigenvalue weighted by molar-refractivity contribution is 5.94. The second-order valence-electron chi connectivity index (χ2n) is 8.30. The lowest BCUT2D eigenvalue weighted by Crippen LogP contribution is -2.46. The van der Waals surface area contributed by atoms with Crippen molar-refractivity contribution in [1.82, 2.24) is 14.7 Å². The molecule has 0 radical (unpaired) electrons. The summed E-state index contributed by atoms with van der Waals surface area (Å²) in [6.07, 6.45) is 4.79. The molecule has 160 valence electrons. The third-order valence-corrected chi connectivity index (χ3v) is 6.34. The molecule has 1 aromatic carbocycles. The number of hydrogen-bond donors (Lipinski definition) is 1. The number of para-hydroxylation sites is 1. The predicted molar refractivity (Wildman–Crippen MR) is 117 cm³/mol. The standard InChI is InChI=1S/C23H36N4O2/c1-4-18-9-6-10-19(5-2)22(18)24-21(28)17-26-13-8-14-27(16-15-26)23(29)20-11-7-12-25(20)3/h6,9-10,20H,4-5,7-8,11-17H2,1-3H3,(H,24,28). The van der Waals surface area contributed by atoms with E-state index in [1.54, 1.807) is 0 Å². The maximum Gasteiger partial charge on any atom is 0.239 e. The molecule has 2 aliphatic heterocycles. The van der Waals surface area contributed by atoms with Crippen molar-refractivity contribution in [2.45, 2.75) is 52.0 Å². The number of nitrogens with zero attached hydrogens (tertiary/aromatic N) is 3. The molecule has 2 heterocycles. The number of rotatable bonds is 6. The highest BCUT2D eigenvalue weighted by Crippen LogP contribution is 2.23. The summed E-state index contributed by atoms with van der Waals surface area (Å²) < 4.78 is 0. The minimum Gasteiger partial charge on any atom is -0.340 e. The van der Waals surface area contributed by atoms with E-state index in [9.17, 15) is 9.59 Å². The van der Waals surface area contributed by atoms with Crippen LogP contribution in [0, 0.1) is 0 Å². The Hall–Kier alpha value is -1.92. The zero-order chi connectivity index (χ0) is 20.8. The topological polar surface area (TPSA) is 55.9 Å². The summed E-state index contributed by atoms with van der Waals surface area (Å²) in [6.45, 7) is 8.74. The number of carbonyl (C=O) groups excluding carboxylic acids is 2. The molecule has 6 heteroatoms. The smallest absolute Gasteiger partial charge is 0.239 e. The van der Waals surface area contributed by atoms with E-state index in [1.807, 2.05) is 11.9 Å². The summed E-state index contributed by atoms with van der Waals surface area (Å²) in [7, 11) is 2.04. The van der Waals surface area contributed by atoms with E-state index in [2.05, 4.69) is 47.2 Å². The zero-order valence-corrected chi connectivity index (χ0v) is 18.2. The van der Waals surface area contributed by atoms with Crippen LogP contribution in [0.1, 0.15) is 44.2 Å². The first-order chi connectivity index (χ1) is 14.0. The molecule has 3 rings (SSSR count). The van der Waals surface area contributed by atoms with Gasteiger partial charge < -0.3 is 10.2 Å². The van der Waals surface area contributed by atoms with Crippen molar-refractivity contribution in [3.05, 3.63) is 29.3 Å². The van der Waals surface area contributed by atoms with Crippen LogP contribution in [0.15, 0.2) is 18.2 Å². The Morgan fingerprint density at radius 1 is 1.00 bits per heavy atom. The Morgan fingerprint density at radius 3 is 2.34 bits per heavy atom. The van der Waals surface area contributed by atoms with Crippen molar-refractivity contribution in [1.29, 1.82) is 0 Å². The van der Waals surface area contributed by atoms with Gasteiger partial charge in [0.05, 0.1) is 12.6 Å². The molecule has 0 saturated carbocycles. The number of amides is 2. The number of nitrogens with one attached hydrogen (secondary N) is 1. The molecule has 2 amide bonds. The van der Waals surface area contributed by atoms with Crippen LogP contribution in [0.5, 0.6) is 0 Å². The molecule has 1 N–H and O–H groups in total. The normalized spacial score (nSPS) is 21.2. The van der Waals surface area contributed by atoms with Gasteiger partial charge >= 0.3 is 0 Å². The SMILES string of the molecule is CCc1cccc(CC)c1NC(=O)CN1CCCN(C(=O)C2CCCN2C)CC1. The van der Waals surface area contributed by atoms with E-state index >= 15 is 0 Å². The van der Waals surface area contributed by atoms with Crippen molar-refractivity contribution < 1.29 is 9.59 Å². The average molecular weight is 401 g/mol. The molecular weight excluding hydrogens is 364 g/mol. The minimum atomic E-state index is 0.0379. The molecular formula is C23H36N4O2. The largest absolute Gasteiger partial charge is 0.340 e. The lowest BCUT2D eigenvalue weighted by molar-refractivity contribution is -0.135. The van der Waals surface area contributed by atoms with E-state index in [4.69, 9.17) is 0 Å². The van der Waals surface area contributed by atoms with E-state index in [-0.39, 0.29) is 17.9 Å². The van der Waals surface area contributed by atoms with Crippen LogP contribution >= 0.6 is 0 Å². The summed E-state index contributed by atoms with van der Waals surface area (Å²) in [5.41, 5.74) is 3.36. The zero-order valence-electron chi connectivity index (χ0n) is 18.2. The fraction of sp³-hybridized carbons (Fsp3) is 0.652. The lowest BCUT2D eigenvalue weighted by atomic mass is 10.0. The van der Waals surface area contributed by atoms with Gasteiger partial charge in [-0.2, -0.15) is 0 Å². The van der Waals surface area contributed by atoms with Gasteiger partial charge in [-0.3, -0.25) is 19.4 Å². The Bertz CT molecular complexity index is 699. The van der Waals surface area contributed by atoms with Crippen molar-refractivity contribution in [3.63, 3.8) is 0 Å². The summed E-state index contributed by atoms with van der Waals surface area (Å²) in [5.74, 6) is 0.302. The van der Waals surface area contributed by atoms with Gasteiger partial charge in [0.1, 0.15) is 0 Å². The second-order valence-corrected chi connectivity index (χ2v) is 8.30. The molecule has 2 fully saturated rings. The van der Waals surface area contributed by atoms with Crippen molar-refractivity contribution in [3.8, 4) is 0 Å². The third kappa shape index (κ3) is 5.37. The highest BCUT2D eigenvalue weighted by atomic mass is 16.2. The first kappa shape index (κ1) is 21.8. The molecule has 1 unspecified atom stereocenters. The fourth-order valence-electron chi connectivity index (χ4n) is 4.57. The average Bonchev–Trinajstić information content (AvgIpc) is 3.01. The van der Waals surface area contributed by atoms with Gasteiger partial charge in [-0.25, -0.2) is 0 Å². The molecule has 6 nitrogen and oxygen atoms in total. The van der Waals surface area contributed by atoms with Crippen LogP contribution in [0.4, 0.5) is 5.69 Å². The van der Waals surface area contributed by atoms with Gasteiger partial charge in [0.25, 0.3) is 0 Å². The number of carbonyl (C=O) groups is 2. The van der Waals surface area contributed by atoms with E-state index in [0.717, 1.165) is 64.0 Å². The van der Waals surface area contributed by atoms with Gasteiger partial charge in [0, 0.05) is 31.9 Å². The number of likely N-dealkylation sites (tertiary alicyclic amines) is 1. The maximum atomic E-state index is 12.9. The molecule has 1 atom stereocenters. The number of anilines is 1. The Morgan fingerprint density at radius 2 is 1.72 bits per heavy atom. The second kappa shape index (κ2) is 10.2. The lowest BCUT2D eigenvalue weighted by Gasteiger charge is -2.27. The molecule has 1 aromatic rings. The van der Waals surface area contributed by atoms with Crippen molar-refractivity contribution in [2.75, 3.05) is 51.6 Å². The monoisotopic (exact) mass is 400 g/mol. The summed E-state index contributed by atoms with van der Waals surface area (Å²) in [6, 6.07) is 6.28. The minimum absolute atomic E-state index is 0.0379. The van der Waals surface area contributed by atoms with Crippen LogP contribution in [0.25, 0.3) is 0 Å². The summed E-state index contributed by atoms with van der Waals surface area (Å²) >= 11 is 0. The summed E-state index contributed by atoms with van der Waals surface area (Å²) in [4.78, 5) is 32.0. The van der Waals surface area contributed by atoms with E-state index in [1.165, 1.54) is 11.1 Å². The maximum absolute atomic E-state index is 12.9. The number of aryl methyl sites for hydroxylation is 2. The molecule has 0 bridgehead atoms. The van der Waals surface area contributed by atoms with Crippen LogP contribution in [-0.2, 0) is 22.4 Å². The van der Waals surface area contributed by atoms with Gasteiger partial charge in [0.15, 0.2) is 0 Å². The third-order valence-electron chi connectivity index (χ3n) is 6.34. The Kier molecular flexibility index (Phi) is 7.67. The first-order valence-electron chi connectivity index (χ1n) is 11.2. The van der Waals surface area contributed by atoms with Crippen molar-refractivity contribution in [2.24, 2.45) is 0 Å². The van der Waals surface area contributed by atoms with Crippen LogP contribution < -0.4 is 5.32 Å². The van der Waals surface area contributed by atoms with Crippen molar-refractivity contribution >= 4 is 17.5 Å². The predicted octanol–water partition coefficient (Wildman–Crippen LogP) is 2.38. The number of benzene rings is 1. The van der Waals surface area contributed by atoms with Gasteiger partial charge in [0.2, 0.25) is 11.8 Å². The Balaban J connectivity index is 1.55. The summed E-state index contributed by atoms with van der Waals surface area (Å²) in [5, 5.41) is 3.17. The molecule has 2 aliphatic rings. The van der Waals surface area contributed by atoms with E-state index < -0.39 is 0 Å². The molecule has 0 aromatic heterocycles. The first-order valence-corrected chi connectivity index (χ1v) is 11.2. The Labute approximate surface area is 175 Å². The molecule has 0 spiro atoms. The molecule has 29 heavy (non-hydrogen) atoms. The molecule has 2 saturated heterocycles. The quantitative estimate of drug-likeness (QED) is 0.797. The highest BCUT2D eigenvalue weighted by Gasteiger charge is 2.32.